The number of hydrogen-bond donors (Lipinski definition) is 1. The lowest BCUT2D eigenvalue weighted by Crippen LogP contribution is -2.56. The summed E-state index contributed by atoms with van der Waals surface area (Å²) in [5.41, 5.74) is -3.42. The summed E-state index contributed by atoms with van der Waals surface area (Å²) in [5, 5.41) is 10.6. The van der Waals surface area contributed by atoms with Gasteiger partial charge < -0.3 is 19.3 Å². The van der Waals surface area contributed by atoms with Crippen LogP contribution >= 0.6 is 0 Å². The molecule has 9 heteroatoms. The summed E-state index contributed by atoms with van der Waals surface area (Å²) in [7, 11) is 2.35. The van der Waals surface area contributed by atoms with E-state index in [4.69, 9.17) is 0 Å². The van der Waals surface area contributed by atoms with Crippen LogP contribution in [0, 0.1) is 5.92 Å². The molecular formula is C14H20F3N3O3. The molecule has 1 aliphatic heterocycles. The topological polar surface area (TPSA) is 67.6 Å². The number of nitrogens with zero attached hydrogens (tertiary/aromatic N) is 3. The predicted molar refractivity (Wildman–Crippen MR) is 74.3 cm³/mol. The van der Waals surface area contributed by atoms with E-state index in [2.05, 4.69) is 9.72 Å². The Balaban J connectivity index is 2.48. The van der Waals surface area contributed by atoms with E-state index in [1.807, 2.05) is 0 Å². The molecule has 2 rings (SSSR count). The molecule has 6 nitrogen and oxygen atoms in total. The van der Waals surface area contributed by atoms with Crippen LogP contribution in [-0.2, 0) is 22.2 Å². The first-order valence-electron chi connectivity index (χ1n) is 7.29. The van der Waals surface area contributed by atoms with Gasteiger partial charge in [-0.1, -0.05) is 0 Å². The number of aliphatic hydroxyl groups is 1. The van der Waals surface area contributed by atoms with Crippen molar-refractivity contribution in [1.82, 2.24) is 14.5 Å². The van der Waals surface area contributed by atoms with Crippen molar-refractivity contribution in [2.75, 3.05) is 26.7 Å². The highest BCUT2D eigenvalue weighted by Crippen LogP contribution is 2.44. The second kappa shape index (κ2) is 6.48. The lowest BCUT2D eigenvalue weighted by Gasteiger charge is -2.37. The van der Waals surface area contributed by atoms with Crippen LogP contribution in [0.25, 0.3) is 0 Å². The molecule has 23 heavy (non-hydrogen) atoms. The molecule has 2 atom stereocenters. The molecule has 0 bridgehead atoms. The summed E-state index contributed by atoms with van der Waals surface area (Å²) in [6.45, 7) is 0.930. The van der Waals surface area contributed by atoms with Crippen molar-refractivity contribution >= 4 is 5.97 Å². The van der Waals surface area contributed by atoms with E-state index < -0.39 is 29.5 Å². The quantitative estimate of drug-likeness (QED) is 0.815. The van der Waals surface area contributed by atoms with Gasteiger partial charge in [0.15, 0.2) is 5.82 Å². The molecule has 1 N–H and O–H groups in total. The third-order valence-electron chi connectivity index (χ3n) is 4.22. The molecule has 0 amide bonds. The van der Waals surface area contributed by atoms with Crippen LogP contribution in [0.4, 0.5) is 13.2 Å². The molecule has 0 aliphatic carbocycles. The SMILES string of the molecule is COC(=O)[C@@H](CN1CCCC1)[C@@](O)(c1nccn1C)C(F)(F)F. The molecule has 1 saturated heterocycles. The zero-order valence-electron chi connectivity index (χ0n) is 13.0. The molecule has 1 aromatic heterocycles. The number of esters is 1. The minimum absolute atomic E-state index is 0.241. The number of methoxy groups -OCH3 is 1. The number of alkyl halides is 3. The second-order valence-electron chi connectivity index (χ2n) is 5.71. The molecule has 1 aliphatic rings. The van der Waals surface area contributed by atoms with Gasteiger partial charge in [0.05, 0.1) is 7.11 Å². The maximum Gasteiger partial charge on any atom is 0.425 e. The number of likely N-dealkylation sites (tertiary alicyclic amines) is 1. The normalized spacial score (nSPS) is 20.3. The van der Waals surface area contributed by atoms with E-state index in [0.717, 1.165) is 30.7 Å². The van der Waals surface area contributed by atoms with Gasteiger partial charge in [-0.3, -0.25) is 4.79 Å². The Bertz CT molecular complexity index is 555. The lowest BCUT2D eigenvalue weighted by molar-refractivity contribution is -0.291. The van der Waals surface area contributed by atoms with E-state index in [0.29, 0.717) is 13.1 Å². The van der Waals surface area contributed by atoms with Gasteiger partial charge in [-0.15, -0.1) is 0 Å². The minimum Gasteiger partial charge on any atom is -0.469 e. The minimum atomic E-state index is -5.08. The van der Waals surface area contributed by atoms with Gasteiger partial charge >= 0.3 is 12.1 Å². The van der Waals surface area contributed by atoms with Gasteiger partial charge in [-0.05, 0) is 25.9 Å². The van der Waals surface area contributed by atoms with Crippen molar-refractivity contribution < 1.29 is 27.8 Å². The highest BCUT2D eigenvalue weighted by atomic mass is 19.4. The number of carbonyl (C=O) groups is 1. The predicted octanol–water partition coefficient (Wildman–Crippen LogP) is 1.05. The number of ether oxygens (including phenoxy) is 1. The summed E-state index contributed by atoms with van der Waals surface area (Å²) >= 11 is 0. The lowest BCUT2D eigenvalue weighted by atomic mass is 9.84. The van der Waals surface area contributed by atoms with Gasteiger partial charge in [0.1, 0.15) is 5.92 Å². The van der Waals surface area contributed by atoms with Crippen molar-refractivity contribution in [1.29, 1.82) is 0 Å². The zero-order valence-corrected chi connectivity index (χ0v) is 13.0. The molecule has 0 aromatic carbocycles. The molecule has 2 heterocycles. The zero-order chi connectivity index (χ0) is 17.3. The number of carbonyl (C=O) groups excluding carboxylic acids is 1. The van der Waals surface area contributed by atoms with E-state index in [9.17, 15) is 23.1 Å². The Morgan fingerprint density at radius 3 is 2.48 bits per heavy atom. The Labute approximate surface area is 131 Å². The van der Waals surface area contributed by atoms with Crippen molar-refractivity contribution in [3.63, 3.8) is 0 Å². The number of imidazole rings is 1. The molecule has 0 saturated carbocycles. The number of rotatable bonds is 5. The van der Waals surface area contributed by atoms with Crippen LogP contribution < -0.4 is 0 Å². The molecule has 0 unspecified atom stereocenters. The maximum atomic E-state index is 13.7. The monoisotopic (exact) mass is 335 g/mol. The smallest absolute Gasteiger partial charge is 0.425 e. The van der Waals surface area contributed by atoms with Crippen molar-refractivity contribution in [2.45, 2.75) is 24.6 Å². The maximum absolute atomic E-state index is 13.7. The number of halogens is 3. The second-order valence-corrected chi connectivity index (χ2v) is 5.71. The van der Waals surface area contributed by atoms with E-state index in [1.165, 1.54) is 13.2 Å². The molecule has 1 fully saturated rings. The van der Waals surface area contributed by atoms with Crippen molar-refractivity contribution in [3.05, 3.63) is 18.2 Å². The summed E-state index contributed by atoms with van der Waals surface area (Å²) in [4.78, 5) is 17.4. The molecular weight excluding hydrogens is 315 g/mol. The van der Waals surface area contributed by atoms with E-state index in [1.54, 1.807) is 4.90 Å². The first kappa shape index (κ1) is 17.7. The summed E-state index contributed by atoms with van der Waals surface area (Å²) in [6, 6.07) is 0. The fraction of sp³-hybridized carbons (Fsp3) is 0.714. The summed E-state index contributed by atoms with van der Waals surface area (Å²) in [5.74, 6) is -3.55. The Kier molecular flexibility index (Phi) is 5.00. The fourth-order valence-electron chi connectivity index (χ4n) is 2.96. The summed E-state index contributed by atoms with van der Waals surface area (Å²) in [6.07, 6.45) is -0.946. The average molecular weight is 335 g/mol. The number of hydrogen-bond acceptors (Lipinski definition) is 5. The Morgan fingerprint density at radius 2 is 2.04 bits per heavy atom. The highest BCUT2D eigenvalue weighted by molar-refractivity contribution is 5.74. The molecule has 0 spiro atoms. The number of aromatic nitrogens is 2. The van der Waals surface area contributed by atoms with Crippen LogP contribution in [0.1, 0.15) is 18.7 Å². The molecule has 0 radical (unpaired) electrons. The summed E-state index contributed by atoms with van der Waals surface area (Å²) < 4.78 is 46.8. The first-order valence-corrected chi connectivity index (χ1v) is 7.29. The van der Waals surface area contributed by atoms with Crippen LogP contribution in [0.2, 0.25) is 0 Å². The van der Waals surface area contributed by atoms with Crippen LogP contribution in [0.5, 0.6) is 0 Å². The molecule has 1 aromatic rings. The average Bonchev–Trinajstić information content (AvgIpc) is 3.13. The van der Waals surface area contributed by atoms with Crippen molar-refractivity contribution in [3.8, 4) is 0 Å². The Hall–Kier alpha value is -1.61. The van der Waals surface area contributed by atoms with E-state index in [-0.39, 0.29) is 6.54 Å². The third kappa shape index (κ3) is 3.20. The number of aryl methyl sites for hydroxylation is 1. The van der Waals surface area contributed by atoms with Gasteiger partial charge in [0.2, 0.25) is 5.60 Å². The van der Waals surface area contributed by atoms with Crippen LogP contribution in [-0.4, -0.2) is 58.4 Å². The van der Waals surface area contributed by atoms with Crippen LogP contribution in [0.15, 0.2) is 12.4 Å². The molecule has 130 valence electrons. The van der Waals surface area contributed by atoms with E-state index >= 15 is 0 Å². The van der Waals surface area contributed by atoms with Crippen LogP contribution in [0.3, 0.4) is 0 Å². The van der Waals surface area contributed by atoms with Gasteiger partial charge in [-0.2, -0.15) is 13.2 Å². The fourth-order valence-corrected chi connectivity index (χ4v) is 2.96. The van der Waals surface area contributed by atoms with Gasteiger partial charge in [-0.25, -0.2) is 4.98 Å². The standard InChI is InChI=1S/C14H20F3N3O3/c1-19-8-5-18-12(19)13(22,14(15,16)17)10(11(21)23-2)9-20-6-3-4-7-20/h5,8,10,22H,3-4,6-7,9H2,1-2H3/t10-,13-/m1/s1. The van der Waals surface area contributed by atoms with Crippen molar-refractivity contribution in [2.24, 2.45) is 13.0 Å². The third-order valence-corrected chi connectivity index (χ3v) is 4.22. The van der Waals surface area contributed by atoms with Gasteiger partial charge in [0, 0.05) is 26.0 Å². The largest absolute Gasteiger partial charge is 0.469 e. The first-order chi connectivity index (χ1) is 10.7. The Morgan fingerprint density at radius 1 is 1.43 bits per heavy atom. The highest BCUT2D eigenvalue weighted by Gasteiger charge is 2.64. The van der Waals surface area contributed by atoms with Gasteiger partial charge in [0.25, 0.3) is 0 Å².